The van der Waals surface area contributed by atoms with Crippen LogP contribution in [0.15, 0.2) is 42.5 Å². The normalized spacial score (nSPS) is 20.9. The van der Waals surface area contributed by atoms with Gasteiger partial charge in [-0.2, -0.15) is 0 Å². The first-order chi connectivity index (χ1) is 15.1. The van der Waals surface area contributed by atoms with Crippen LogP contribution in [-0.2, 0) is 17.8 Å². The molecular weight excluding hydrogens is 392 g/mol. The Morgan fingerprint density at radius 1 is 1.16 bits per heavy atom. The van der Waals surface area contributed by atoms with Crippen molar-refractivity contribution in [3.05, 3.63) is 59.2 Å². The monoisotopic (exact) mass is 420 g/mol. The van der Waals surface area contributed by atoms with Crippen molar-refractivity contribution >= 4 is 11.6 Å². The molecule has 0 bridgehead atoms. The van der Waals surface area contributed by atoms with Crippen molar-refractivity contribution < 1.29 is 19.7 Å². The summed E-state index contributed by atoms with van der Waals surface area (Å²) in [5.41, 5.74) is 4.04. The minimum Gasteiger partial charge on any atom is -0.488 e. The standard InChI is InChI=1S/C25H28N2O4/c28-14-2-1-3-18-4-6-19(7-5-18)16-27-13-12-24(23(29)17-27)31-21-9-10-22-20(15-21)8-11-25(30)26-22/h4-7,9-10,15,23-24,28-29H,2,8,11-14,16-17H2,(H,26,30)/t23-,24-/m1/s1. The molecule has 162 valence electrons. The molecule has 0 aliphatic carbocycles. The Kier molecular flexibility index (Phi) is 6.88. The van der Waals surface area contributed by atoms with Gasteiger partial charge in [-0.05, 0) is 54.3 Å². The third-order valence-corrected chi connectivity index (χ3v) is 5.69. The van der Waals surface area contributed by atoms with E-state index >= 15 is 0 Å². The number of aliphatic hydroxyl groups excluding tert-OH is 2. The van der Waals surface area contributed by atoms with Crippen molar-refractivity contribution in [1.82, 2.24) is 4.90 Å². The first kappa shape index (κ1) is 21.4. The molecule has 0 radical (unpaired) electrons. The number of amides is 1. The van der Waals surface area contributed by atoms with Crippen LogP contribution in [0.1, 0.15) is 36.0 Å². The lowest BCUT2D eigenvalue weighted by Gasteiger charge is -2.36. The van der Waals surface area contributed by atoms with Crippen LogP contribution >= 0.6 is 0 Å². The molecule has 6 nitrogen and oxygen atoms in total. The van der Waals surface area contributed by atoms with E-state index in [0.717, 1.165) is 42.1 Å². The van der Waals surface area contributed by atoms with Crippen LogP contribution in [0.25, 0.3) is 0 Å². The smallest absolute Gasteiger partial charge is 0.224 e. The van der Waals surface area contributed by atoms with E-state index in [-0.39, 0.29) is 18.6 Å². The highest BCUT2D eigenvalue weighted by molar-refractivity contribution is 5.94. The molecule has 0 saturated carbocycles. The third-order valence-electron chi connectivity index (χ3n) is 5.69. The Hall–Kier alpha value is -2.85. The minimum absolute atomic E-state index is 0.0493. The second-order valence-corrected chi connectivity index (χ2v) is 8.09. The predicted molar refractivity (Wildman–Crippen MR) is 119 cm³/mol. The number of carbonyl (C=O) groups is 1. The molecule has 2 aliphatic heterocycles. The molecule has 4 rings (SSSR count). The van der Waals surface area contributed by atoms with Gasteiger partial charge in [0.2, 0.25) is 5.91 Å². The number of benzene rings is 2. The van der Waals surface area contributed by atoms with Gasteiger partial charge in [-0.25, -0.2) is 0 Å². The molecule has 0 spiro atoms. The Morgan fingerprint density at radius 2 is 2.00 bits per heavy atom. The van der Waals surface area contributed by atoms with Crippen molar-refractivity contribution in [1.29, 1.82) is 0 Å². The lowest BCUT2D eigenvalue weighted by atomic mass is 10.0. The van der Waals surface area contributed by atoms with Gasteiger partial charge in [0.15, 0.2) is 0 Å². The van der Waals surface area contributed by atoms with Gasteiger partial charge in [-0.1, -0.05) is 24.0 Å². The fraction of sp³-hybridized carbons (Fsp3) is 0.400. The zero-order chi connectivity index (χ0) is 21.6. The number of piperidine rings is 1. The maximum absolute atomic E-state index is 11.5. The van der Waals surface area contributed by atoms with Crippen molar-refractivity contribution in [3.8, 4) is 17.6 Å². The predicted octanol–water partition coefficient (Wildman–Crippen LogP) is 2.32. The van der Waals surface area contributed by atoms with Crippen LogP contribution in [0.5, 0.6) is 5.75 Å². The van der Waals surface area contributed by atoms with Crippen LogP contribution in [0.3, 0.4) is 0 Å². The van der Waals surface area contributed by atoms with Crippen LogP contribution in [0, 0.1) is 11.8 Å². The zero-order valence-electron chi connectivity index (χ0n) is 17.5. The number of hydrogen-bond donors (Lipinski definition) is 3. The topological polar surface area (TPSA) is 82.0 Å². The summed E-state index contributed by atoms with van der Waals surface area (Å²) >= 11 is 0. The first-order valence-corrected chi connectivity index (χ1v) is 10.8. The van der Waals surface area contributed by atoms with E-state index in [1.807, 2.05) is 30.3 Å². The van der Waals surface area contributed by atoms with Gasteiger partial charge >= 0.3 is 0 Å². The molecule has 0 aromatic heterocycles. The van der Waals surface area contributed by atoms with Gasteiger partial charge < -0.3 is 20.3 Å². The third kappa shape index (κ3) is 5.65. The highest BCUT2D eigenvalue weighted by Gasteiger charge is 2.29. The average molecular weight is 421 g/mol. The largest absolute Gasteiger partial charge is 0.488 e. The average Bonchev–Trinajstić information content (AvgIpc) is 2.77. The molecule has 6 heteroatoms. The highest BCUT2D eigenvalue weighted by atomic mass is 16.5. The van der Waals surface area contributed by atoms with E-state index in [4.69, 9.17) is 9.84 Å². The molecule has 2 aliphatic rings. The van der Waals surface area contributed by atoms with Gasteiger partial charge in [0.25, 0.3) is 0 Å². The fourth-order valence-electron chi connectivity index (χ4n) is 4.04. The van der Waals surface area contributed by atoms with E-state index in [9.17, 15) is 9.90 Å². The van der Waals surface area contributed by atoms with Crippen LogP contribution in [-0.4, -0.2) is 52.9 Å². The zero-order valence-corrected chi connectivity index (χ0v) is 17.5. The maximum Gasteiger partial charge on any atom is 0.224 e. The molecular formula is C25H28N2O4. The quantitative estimate of drug-likeness (QED) is 0.647. The number of anilines is 1. The number of fused-ring (bicyclic) bond motifs is 1. The summed E-state index contributed by atoms with van der Waals surface area (Å²) < 4.78 is 6.10. The van der Waals surface area contributed by atoms with Crippen LogP contribution < -0.4 is 10.1 Å². The van der Waals surface area contributed by atoms with Crippen LogP contribution in [0.4, 0.5) is 5.69 Å². The molecule has 2 atom stereocenters. The number of rotatable bonds is 5. The molecule has 2 heterocycles. The number of ether oxygens (including phenoxy) is 1. The number of likely N-dealkylation sites (tertiary alicyclic amines) is 1. The number of β-amino-alcohol motifs (C(OH)–C–C–N with tert-alkyl or cyclic N) is 1. The summed E-state index contributed by atoms with van der Waals surface area (Å²) in [7, 11) is 0. The van der Waals surface area contributed by atoms with Crippen molar-refractivity contribution in [2.75, 3.05) is 25.0 Å². The molecule has 31 heavy (non-hydrogen) atoms. The summed E-state index contributed by atoms with van der Waals surface area (Å²) in [6.07, 6.45) is 1.64. The Bertz CT molecular complexity index is 977. The first-order valence-electron chi connectivity index (χ1n) is 10.8. The SMILES string of the molecule is O=C1CCc2cc(O[C@@H]3CCN(Cc4ccc(C#CCCO)cc4)C[C@H]3O)ccc2N1. The Balaban J connectivity index is 1.30. The molecule has 1 amide bonds. The number of aryl methyl sites for hydroxylation is 1. The van der Waals surface area contributed by atoms with E-state index < -0.39 is 6.10 Å². The number of nitrogens with one attached hydrogen (secondary N) is 1. The lowest BCUT2D eigenvalue weighted by molar-refractivity contribution is -0.116. The number of hydrogen-bond acceptors (Lipinski definition) is 5. The Morgan fingerprint density at radius 3 is 2.77 bits per heavy atom. The van der Waals surface area contributed by atoms with Crippen molar-refractivity contribution in [3.63, 3.8) is 0 Å². The summed E-state index contributed by atoms with van der Waals surface area (Å²) in [4.78, 5) is 13.7. The van der Waals surface area contributed by atoms with E-state index in [1.165, 1.54) is 5.56 Å². The van der Waals surface area contributed by atoms with Gasteiger partial charge in [0.1, 0.15) is 18.0 Å². The van der Waals surface area contributed by atoms with Gasteiger partial charge in [0.05, 0.1) is 6.61 Å². The minimum atomic E-state index is -0.562. The van der Waals surface area contributed by atoms with E-state index in [0.29, 0.717) is 25.8 Å². The van der Waals surface area contributed by atoms with Crippen LogP contribution in [0.2, 0.25) is 0 Å². The van der Waals surface area contributed by atoms with Gasteiger partial charge in [-0.15, -0.1) is 0 Å². The second-order valence-electron chi connectivity index (χ2n) is 8.09. The summed E-state index contributed by atoms with van der Waals surface area (Å²) in [6.45, 7) is 2.26. The molecule has 1 saturated heterocycles. The van der Waals surface area contributed by atoms with E-state index in [2.05, 4.69) is 34.2 Å². The summed E-state index contributed by atoms with van der Waals surface area (Å²) in [5, 5.41) is 22.3. The lowest BCUT2D eigenvalue weighted by Crippen LogP contribution is -2.48. The maximum atomic E-state index is 11.5. The Labute approximate surface area is 182 Å². The van der Waals surface area contributed by atoms with Crippen molar-refractivity contribution in [2.45, 2.75) is 44.4 Å². The molecule has 3 N–H and O–H groups in total. The summed E-state index contributed by atoms with van der Waals surface area (Å²) in [6, 6.07) is 13.8. The number of nitrogens with zero attached hydrogens (tertiary/aromatic N) is 1. The molecule has 1 fully saturated rings. The van der Waals surface area contributed by atoms with E-state index in [1.54, 1.807) is 0 Å². The van der Waals surface area contributed by atoms with Gasteiger partial charge in [0, 0.05) is 43.7 Å². The van der Waals surface area contributed by atoms with Gasteiger partial charge in [-0.3, -0.25) is 9.69 Å². The second kappa shape index (κ2) is 9.97. The molecule has 2 aromatic carbocycles. The fourth-order valence-corrected chi connectivity index (χ4v) is 4.04. The van der Waals surface area contributed by atoms with Crippen molar-refractivity contribution in [2.24, 2.45) is 0 Å². The number of aliphatic hydroxyl groups is 2. The molecule has 2 aromatic rings. The number of carbonyl (C=O) groups excluding carboxylic acids is 1. The summed E-state index contributed by atoms with van der Waals surface area (Å²) in [5.74, 6) is 6.75. The molecule has 0 unspecified atom stereocenters. The highest BCUT2D eigenvalue weighted by Crippen LogP contribution is 2.28.